The first-order valence-electron chi connectivity index (χ1n) is 16.3. The van der Waals surface area contributed by atoms with Gasteiger partial charge in [0.1, 0.15) is 12.7 Å². The number of ether oxygens (including phenoxy) is 1. The molecule has 3 atom stereocenters. The summed E-state index contributed by atoms with van der Waals surface area (Å²) in [5.41, 5.74) is 0. The van der Waals surface area contributed by atoms with Crippen LogP contribution < -0.4 is 5.32 Å². The molecule has 0 bridgehead atoms. The third-order valence-electron chi connectivity index (χ3n) is 6.78. The first-order chi connectivity index (χ1) is 21.1. The number of aliphatic hydroxyl groups excluding tert-OH is 1. The maximum Gasteiger partial charge on any atom is 0.472 e. The number of aliphatic hydroxyl groups is 1. The molecular formula is C32H58NO10P. The predicted molar refractivity (Wildman–Crippen MR) is 171 cm³/mol. The molecule has 12 heteroatoms. The maximum absolute atomic E-state index is 11.9. The van der Waals surface area contributed by atoms with E-state index in [4.69, 9.17) is 9.84 Å². The van der Waals surface area contributed by atoms with Crippen LogP contribution in [0.3, 0.4) is 0 Å². The van der Waals surface area contributed by atoms with Crippen LogP contribution in [0.1, 0.15) is 129 Å². The molecule has 256 valence electrons. The van der Waals surface area contributed by atoms with Gasteiger partial charge in [-0.2, -0.15) is 0 Å². The fraction of sp³-hybridized carbons (Fsp3) is 0.781. The van der Waals surface area contributed by atoms with Crippen LogP contribution >= 0.6 is 7.82 Å². The molecule has 0 aromatic carbocycles. The summed E-state index contributed by atoms with van der Waals surface area (Å²) in [6.07, 6.45) is 28.0. The Morgan fingerprint density at radius 1 is 0.750 bits per heavy atom. The summed E-state index contributed by atoms with van der Waals surface area (Å²) in [4.78, 5) is 43.5. The number of phosphoric acid groups is 1. The Kier molecular flexibility index (Phi) is 27.1. The molecule has 3 unspecified atom stereocenters. The summed E-state index contributed by atoms with van der Waals surface area (Å²) in [6.45, 7) is 1.41. The Balaban J connectivity index is 3.63. The van der Waals surface area contributed by atoms with E-state index in [1.165, 1.54) is 77.0 Å². The molecule has 0 fully saturated rings. The third kappa shape index (κ3) is 28.7. The van der Waals surface area contributed by atoms with Gasteiger partial charge in [0, 0.05) is 13.3 Å². The SMILES string of the molecule is CCCCC/C=C\C/C=C\CCCCCCCCCCCCCC(=O)OCC(O)COP(=O)(O)OCC(NC(C)=O)C(=O)O. The molecule has 44 heavy (non-hydrogen) atoms. The highest BCUT2D eigenvalue weighted by molar-refractivity contribution is 7.47. The predicted octanol–water partition coefficient (Wildman–Crippen LogP) is 6.77. The number of hydrogen-bond acceptors (Lipinski definition) is 8. The number of nitrogens with one attached hydrogen (secondary N) is 1. The van der Waals surface area contributed by atoms with E-state index in [0.717, 1.165) is 32.6 Å². The van der Waals surface area contributed by atoms with Gasteiger partial charge in [0.25, 0.3) is 0 Å². The number of esters is 1. The first-order valence-corrected chi connectivity index (χ1v) is 17.8. The van der Waals surface area contributed by atoms with Gasteiger partial charge in [-0.3, -0.25) is 18.6 Å². The van der Waals surface area contributed by atoms with Gasteiger partial charge in [-0.1, -0.05) is 102 Å². The van der Waals surface area contributed by atoms with E-state index in [0.29, 0.717) is 6.42 Å². The van der Waals surface area contributed by atoms with E-state index in [2.05, 4.69) is 40.3 Å². The quantitative estimate of drug-likeness (QED) is 0.0283. The van der Waals surface area contributed by atoms with Crippen molar-refractivity contribution in [2.75, 3.05) is 19.8 Å². The zero-order chi connectivity index (χ0) is 32.9. The maximum atomic E-state index is 11.9. The van der Waals surface area contributed by atoms with E-state index >= 15 is 0 Å². The number of allylic oxidation sites excluding steroid dienone is 4. The molecule has 0 aliphatic rings. The number of unbranched alkanes of at least 4 members (excludes halogenated alkanes) is 14. The fourth-order valence-electron chi connectivity index (χ4n) is 4.26. The summed E-state index contributed by atoms with van der Waals surface area (Å²) >= 11 is 0. The van der Waals surface area contributed by atoms with Crippen molar-refractivity contribution >= 4 is 25.7 Å². The second-order valence-corrected chi connectivity index (χ2v) is 12.5. The standard InChI is InChI=1S/C32H58NO10P/c1-3-4-5-6-7-8-9-10-11-12-13-14-15-16-17-18-19-20-21-22-23-24-31(36)41-25-29(35)26-42-44(39,40)43-27-30(32(37)38)33-28(2)34/h7-8,10-11,29-30,35H,3-6,9,12-27H2,1-2H3,(H,33,34)(H,37,38)(H,39,40)/b8-7-,11-10-. The van der Waals surface area contributed by atoms with Gasteiger partial charge in [0.15, 0.2) is 6.04 Å². The zero-order valence-corrected chi connectivity index (χ0v) is 27.9. The van der Waals surface area contributed by atoms with Crippen LogP contribution in [0, 0.1) is 0 Å². The van der Waals surface area contributed by atoms with E-state index in [1.807, 2.05) is 5.32 Å². The van der Waals surface area contributed by atoms with Crippen LogP contribution in [-0.2, 0) is 32.7 Å². The lowest BCUT2D eigenvalue weighted by Gasteiger charge is -2.18. The minimum Gasteiger partial charge on any atom is -0.480 e. The van der Waals surface area contributed by atoms with Crippen molar-refractivity contribution in [3.8, 4) is 0 Å². The van der Waals surface area contributed by atoms with Crippen molar-refractivity contribution in [1.29, 1.82) is 0 Å². The molecule has 0 saturated heterocycles. The highest BCUT2D eigenvalue weighted by Gasteiger charge is 2.28. The average Bonchev–Trinajstić information content (AvgIpc) is 2.97. The Morgan fingerprint density at radius 3 is 1.77 bits per heavy atom. The van der Waals surface area contributed by atoms with Crippen LogP contribution in [0.15, 0.2) is 24.3 Å². The molecule has 4 N–H and O–H groups in total. The van der Waals surface area contributed by atoms with E-state index in [9.17, 15) is 28.9 Å². The van der Waals surface area contributed by atoms with Crippen LogP contribution in [0.25, 0.3) is 0 Å². The number of aliphatic carboxylic acids is 1. The smallest absolute Gasteiger partial charge is 0.472 e. The number of carboxylic acid groups (broad SMARTS) is 1. The van der Waals surface area contributed by atoms with Gasteiger partial charge in [0.2, 0.25) is 5.91 Å². The second-order valence-electron chi connectivity index (χ2n) is 11.1. The van der Waals surface area contributed by atoms with E-state index in [-0.39, 0.29) is 6.42 Å². The van der Waals surface area contributed by atoms with Gasteiger partial charge in [-0.05, 0) is 38.5 Å². The van der Waals surface area contributed by atoms with Crippen molar-refractivity contribution in [3.05, 3.63) is 24.3 Å². The third-order valence-corrected chi connectivity index (χ3v) is 7.73. The number of hydrogen-bond donors (Lipinski definition) is 4. The minimum absolute atomic E-state index is 0.222. The normalized spacial score (nSPS) is 14.5. The first kappa shape index (κ1) is 42.0. The Hall–Kier alpha value is -2.04. The van der Waals surface area contributed by atoms with Crippen molar-refractivity contribution in [1.82, 2.24) is 5.32 Å². The molecule has 0 rings (SSSR count). The van der Waals surface area contributed by atoms with Crippen molar-refractivity contribution in [2.45, 2.75) is 142 Å². The van der Waals surface area contributed by atoms with Gasteiger partial charge < -0.3 is 25.2 Å². The van der Waals surface area contributed by atoms with Crippen molar-refractivity contribution in [2.24, 2.45) is 0 Å². The van der Waals surface area contributed by atoms with E-state index in [1.54, 1.807) is 0 Å². The molecular weight excluding hydrogens is 589 g/mol. The molecule has 0 aromatic rings. The largest absolute Gasteiger partial charge is 0.480 e. The highest BCUT2D eigenvalue weighted by Crippen LogP contribution is 2.43. The fourth-order valence-corrected chi connectivity index (χ4v) is 5.03. The lowest BCUT2D eigenvalue weighted by molar-refractivity contribution is -0.147. The Bertz CT molecular complexity index is 864. The molecule has 1 amide bonds. The van der Waals surface area contributed by atoms with Crippen LogP contribution in [0.2, 0.25) is 0 Å². The molecule has 0 spiro atoms. The topological polar surface area (TPSA) is 169 Å². The molecule has 11 nitrogen and oxygen atoms in total. The van der Waals surface area contributed by atoms with Crippen LogP contribution in [0.4, 0.5) is 0 Å². The summed E-state index contributed by atoms with van der Waals surface area (Å²) in [5, 5.41) is 20.9. The van der Waals surface area contributed by atoms with Gasteiger partial charge in [-0.25, -0.2) is 9.36 Å². The Labute approximate surface area is 264 Å². The molecule has 0 saturated carbocycles. The highest BCUT2D eigenvalue weighted by atomic mass is 31.2. The number of carbonyl (C=O) groups is 3. The number of phosphoric ester groups is 1. The van der Waals surface area contributed by atoms with Crippen molar-refractivity contribution in [3.63, 3.8) is 0 Å². The van der Waals surface area contributed by atoms with Crippen LogP contribution in [-0.4, -0.2) is 64.9 Å². The molecule has 0 aliphatic heterocycles. The summed E-state index contributed by atoms with van der Waals surface area (Å²) in [7, 11) is -4.70. The summed E-state index contributed by atoms with van der Waals surface area (Å²) in [6, 6.07) is -1.54. The monoisotopic (exact) mass is 647 g/mol. The molecule has 0 radical (unpaired) electrons. The lowest BCUT2D eigenvalue weighted by Crippen LogP contribution is -2.42. The molecule has 0 aromatic heterocycles. The van der Waals surface area contributed by atoms with Gasteiger partial charge in [-0.15, -0.1) is 0 Å². The number of carbonyl (C=O) groups excluding carboxylic acids is 2. The van der Waals surface area contributed by atoms with Crippen LogP contribution in [0.5, 0.6) is 0 Å². The summed E-state index contributed by atoms with van der Waals surface area (Å²) in [5.74, 6) is -2.59. The van der Waals surface area contributed by atoms with Crippen molar-refractivity contribution < 1.29 is 47.8 Å². The molecule has 0 aliphatic carbocycles. The number of rotatable bonds is 30. The number of carboxylic acids is 1. The van der Waals surface area contributed by atoms with Gasteiger partial charge >= 0.3 is 19.8 Å². The average molecular weight is 648 g/mol. The molecule has 0 heterocycles. The van der Waals surface area contributed by atoms with Gasteiger partial charge in [0.05, 0.1) is 13.2 Å². The zero-order valence-electron chi connectivity index (χ0n) is 27.0. The lowest BCUT2D eigenvalue weighted by atomic mass is 10.0. The van der Waals surface area contributed by atoms with E-state index < -0.39 is 57.6 Å². The summed E-state index contributed by atoms with van der Waals surface area (Å²) < 4.78 is 26.0. The minimum atomic E-state index is -4.70. The second kappa shape index (κ2) is 28.4. The number of amides is 1. The Morgan fingerprint density at radius 2 is 1.25 bits per heavy atom.